The van der Waals surface area contributed by atoms with Crippen molar-refractivity contribution in [3.63, 3.8) is 0 Å². The van der Waals surface area contributed by atoms with E-state index in [1.165, 1.54) is 21.6 Å². The van der Waals surface area contributed by atoms with Gasteiger partial charge in [0.05, 0.1) is 12.6 Å². The minimum atomic E-state index is -0.110. The Morgan fingerprint density at radius 2 is 1.78 bits per heavy atom. The maximum Gasteiger partial charge on any atom is 0.191 e. The molecule has 0 spiro atoms. The van der Waals surface area contributed by atoms with Crippen molar-refractivity contribution in [1.82, 2.24) is 15.5 Å². The highest BCUT2D eigenvalue weighted by molar-refractivity contribution is 7.10. The van der Waals surface area contributed by atoms with Gasteiger partial charge in [0.1, 0.15) is 0 Å². The molecule has 5 nitrogen and oxygen atoms in total. The molecular weight excluding hydrogens is 356 g/mol. The summed E-state index contributed by atoms with van der Waals surface area (Å²) in [5.41, 5.74) is 3.88. The normalized spacial score (nSPS) is 16.5. The highest BCUT2D eigenvalue weighted by Crippen LogP contribution is 2.15. The summed E-state index contributed by atoms with van der Waals surface area (Å²) in [6.45, 7) is 6.61. The number of thiophene rings is 1. The molecule has 3 rings (SSSR count). The van der Waals surface area contributed by atoms with Crippen LogP contribution < -0.4 is 10.6 Å². The Balaban J connectivity index is 1.44. The summed E-state index contributed by atoms with van der Waals surface area (Å²) in [5, 5.41) is 18.5. The molecule has 0 saturated carbocycles. The number of nitrogens with zero attached hydrogens (tertiary/aromatic N) is 2. The number of nitrogens with one attached hydrogen (secondary N) is 2. The second kappa shape index (κ2) is 9.88. The summed E-state index contributed by atoms with van der Waals surface area (Å²) >= 11 is 1.77. The molecule has 0 atom stereocenters. The third-order valence-electron chi connectivity index (χ3n) is 5.05. The zero-order valence-corrected chi connectivity index (χ0v) is 17.1. The van der Waals surface area contributed by atoms with Gasteiger partial charge in [-0.25, -0.2) is 0 Å². The number of aliphatic imine (C=N–C) groups is 1. The lowest BCUT2D eigenvalue weighted by molar-refractivity contribution is 0.0792. The number of hydrogen-bond acceptors (Lipinski definition) is 4. The van der Waals surface area contributed by atoms with Gasteiger partial charge in [0.15, 0.2) is 5.96 Å². The number of aryl methyl sites for hydroxylation is 1. The monoisotopic (exact) mass is 386 g/mol. The van der Waals surface area contributed by atoms with Gasteiger partial charge in [0.25, 0.3) is 0 Å². The molecule has 1 aliphatic rings. The predicted molar refractivity (Wildman–Crippen MR) is 113 cm³/mol. The van der Waals surface area contributed by atoms with Gasteiger partial charge >= 0.3 is 0 Å². The number of aliphatic hydroxyl groups excluding tert-OH is 1. The second-order valence-corrected chi connectivity index (χ2v) is 8.13. The van der Waals surface area contributed by atoms with Crippen LogP contribution in [0.1, 0.15) is 34.4 Å². The zero-order chi connectivity index (χ0) is 19.1. The fourth-order valence-electron chi connectivity index (χ4n) is 3.25. The third kappa shape index (κ3) is 6.06. The van der Waals surface area contributed by atoms with Crippen LogP contribution in [0.25, 0.3) is 0 Å². The number of likely N-dealkylation sites (tertiary alicyclic amines) is 1. The smallest absolute Gasteiger partial charge is 0.191 e. The molecule has 1 aliphatic heterocycles. The van der Waals surface area contributed by atoms with Crippen LogP contribution in [-0.2, 0) is 19.6 Å². The van der Waals surface area contributed by atoms with Crippen LogP contribution in [0.2, 0.25) is 0 Å². The number of aliphatic hydroxyl groups is 1. The Hall–Kier alpha value is -1.89. The van der Waals surface area contributed by atoms with E-state index in [2.05, 4.69) is 63.2 Å². The van der Waals surface area contributed by atoms with Crippen molar-refractivity contribution >= 4 is 17.3 Å². The number of benzene rings is 1. The molecule has 27 heavy (non-hydrogen) atoms. The Labute approximate surface area is 166 Å². The molecular formula is C21H30N4OS. The van der Waals surface area contributed by atoms with E-state index < -0.39 is 0 Å². The molecule has 0 aliphatic carbocycles. The van der Waals surface area contributed by atoms with Crippen molar-refractivity contribution in [3.8, 4) is 0 Å². The van der Waals surface area contributed by atoms with Crippen LogP contribution in [0.4, 0.5) is 0 Å². The molecule has 1 aromatic heterocycles. The summed E-state index contributed by atoms with van der Waals surface area (Å²) in [7, 11) is 1.80. The van der Waals surface area contributed by atoms with E-state index in [9.17, 15) is 5.11 Å². The Morgan fingerprint density at radius 3 is 2.41 bits per heavy atom. The van der Waals surface area contributed by atoms with Gasteiger partial charge in [0, 0.05) is 38.1 Å². The molecule has 0 unspecified atom stereocenters. The molecule has 2 heterocycles. The van der Waals surface area contributed by atoms with Crippen molar-refractivity contribution in [2.75, 3.05) is 20.1 Å². The maximum atomic E-state index is 9.61. The Morgan fingerprint density at radius 1 is 1.11 bits per heavy atom. The lowest BCUT2D eigenvalue weighted by Gasteiger charge is -2.29. The van der Waals surface area contributed by atoms with E-state index >= 15 is 0 Å². The van der Waals surface area contributed by atoms with Crippen molar-refractivity contribution in [2.45, 2.75) is 45.5 Å². The second-order valence-electron chi connectivity index (χ2n) is 7.13. The van der Waals surface area contributed by atoms with Crippen molar-refractivity contribution < 1.29 is 5.11 Å². The molecule has 6 heteroatoms. The fourth-order valence-corrected chi connectivity index (χ4v) is 4.10. The SMILES string of the molecule is CN=C(NCc1ccc(CN2CCC(O)CC2)cc1)NCc1sccc1C. The molecule has 0 radical (unpaired) electrons. The first-order chi connectivity index (χ1) is 13.1. The zero-order valence-electron chi connectivity index (χ0n) is 16.2. The lowest BCUT2D eigenvalue weighted by atomic mass is 10.1. The summed E-state index contributed by atoms with van der Waals surface area (Å²) < 4.78 is 0. The van der Waals surface area contributed by atoms with Gasteiger partial charge in [0.2, 0.25) is 0 Å². The van der Waals surface area contributed by atoms with E-state index in [0.29, 0.717) is 0 Å². The van der Waals surface area contributed by atoms with Crippen molar-refractivity contribution in [1.29, 1.82) is 0 Å². The first-order valence-electron chi connectivity index (χ1n) is 9.60. The van der Waals surface area contributed by atoms with Crippen LogP contribution in [0, 0.1) is 6.92 Å². The Bertz CT molecular complexity index is 733. The van der Waals surface area contributed by atoms with E-state index in [1.54, 1.807) is 18.4 Å². The van der Waals surface area contributed by atoms with Crippen LogP contribution in [0.3, 0.4) is 0 Å². The van der Waals surface area contributed by atoms with Crippen LogP contribution in [0.15, 0.2) is 40.7 Å². The molecule has 0 bridgehead atoms. The van der Waals surface area contributed by atoms with E-state index in [1.807, 2.05) is 0 Å². The molecule has 1 aromatic carbocycles. The van der Waals surface area contributed by atoms with Gasteiger partial charge < -0.3 is 15.7 Å². The number of guanidine groups is 1. The van der Waals surface area contributed by atoms with Crippen LogP contribution in [0.5, 0.6) is 0 Å². The van der Waals surface area contributed by atoms with Crippen molar-refractivity contribution in [3.05, 3.63) is 57.3 Å². The molecule has 2 aromatic rings. The average Bonchev–Trinajstić information content (AvgIpc) is 3.10. The summed E-state index contributed by atoms with van der Waals surface area (Å²) in [4.78, 5) is 8.06. The van der Waals surface area contributed by atoms with Crippen LogP contribution >= 0.6 is 11.3 Å². The largest absolute Gasteiger partial charge is 0.393 e. The minimum Gasteiger partial charge on any atom is -0.393 e. The van der Waals surface area contributed by atoms with E-state index in [4.69, 9.17) is 0 Å². The van der Waals surface area contributed by atoms with Gasteiger partial charge in [-0.15, -0.1) is 11.3 Å². The minimum absolute atomic E-state index is 0.110. The summed E-state index contributed by atoms with van der Waals surface area (Å²) in [6.07, 6.45) is 1.67. The van der Waals surface area contributed by atoms with Crippen LogP contribution in [-0.4, -0.2) is 42.2 Å². The maximum absolute atomic E-state index is 9.61. The van der Waals surface area contributed by atoms with Gasteiger partial charge in [-0.05, 0) is 47.9 Å². The topological polar surface area (TPSA) is 59.9 Å². The average molecular weight is 387 g/mol. The highest BCUT2D eigenvalue weighted by Gasteiger charge is 2.16. The van der Waals surface area contributed by atoms with E-state index in [-0.39, 0.29) is 6.10 Å². The lowest BCUT2D eigenvalue weighted by Crippen LogP contribution is -2.36. The number of rotatable bonds is 6. The van der Waals surface area contributed by atoms with E-state index in [0.717, 1.165) is 51.5 Å². The van der Waals surface area contributed by atoms with Crippen molar-refractivity contribution in [2.24, 2.45) is 4.99 Å². The molecule has 1 fully saturated rings. The fraction of sp³-hybridized carbons (Fsp3) is 0.476. The van der Waals surface area contributed by atoms with Gasteiger partial charge in [-0.1, -0.05) is 24.3 Å². The first-order valence-corrected chi connectivity index (χ1v) is 10.5. The van der Waals surface area contributed by atoms with Gasteiger partial charge in [-0.2, -0.15) is 0 Å². The number of piperidine rings is 1. The first kappa shape index (κ1) is 19.9. The molecule has 0 amide bonds. The molecule has 1 saturated heterocycles. The molecule has 3 N–H and O–H groups in total. The van der Waals surface area contributed by atoms with Gasteiger partial charge in [-0.3, -0.25) is 9.89 Å². The quantitative estimate of drug-likeness (QED) is 0.528. The standard InChI is InChI=1S/C21H30N4OS/c1-16-9-12-27-20(16)14-24-21(22-2)23-13-17-3-5-18(6-4-17)15-25-10-7-19(26)8-11-25/h3-6,9,12,19,26H,7-8,10-11,13-15H2,1-2H3,(H2,22,23,24). The Kier molecular flexibility index (Phi) is 7.26. The summed E-state index contributed by atoms with van der Waals surface area (Å²) in [5.74, 6) is 0.818. The predicted octanol–water partition coefficient (Wildman–Crippen LogP) is 2.88. The number of hydrogen-bond donors (Lipinski definition) is 3. The third-order valence-corrected chi connectivity index (χ3v) is 6.08. The molecule has 146 valence electrons. The highest BCUT2D eigenvalue weighted by atomic mass is 32.1. The summed E-state index contributed by atoms with van der Waals surface area (Å²) in [6, 6.07) is 10.9.